The van der Waals surface area contributed by atoms with Crippen LogP contribution in [0.5, 0.6) is 5.75 Å². The maximum absolute atomic E-state index is 11.4. The largest absolute Gasteiger partial charge is 0.507 e. The minimum absolute atomic E-state index is 0.00574. The maximum atomic E-state index is 11.4. The minimum Gasteiger partial charge on any atom is -0.507 e. The molecule has 2 fully saturated rings. The van der Waals surface area contributed by atoms with Crippen LogP contribution >= 0.6 is 0 Å². The Labute approximate surface area is 132 Å². The first-order valence-electron chi connectivity index (χ1n) is 8.71. The number of carboxylic acid groups (broad SMARTS) is 1. The Morgan fingerprint density at radius 1 is 1.00 bits per heavy atom. The van der Waals surface area contributed by atoms with Gasteiger partial charge in [0, 0.05) is 11.0 Å². The number of hydrogen-bond acceptors (Lipinski definition) is 2. The van der Waals surface area contributed by atoms with Gasteiger partial charge in [-0.3, -0.25) is 0 Å². The molecular weight excluding hydrogens is 276 g/mol. The molecule has 0 saturated heterocycles. The summed E-state index contributed by atoms with van der Waals surface area (Å²) in [5, 5.41) is 19.9. The van der Waals surface area contributed by atoms with Crippen LogP contribution in [0.2, 0.25) is 0 Å². The van der Waals surface area contributed by atoms with E-state index in [0.717, 1.165) is 18.4 Å². The number of carboxylic acids is 1. The van der Waals surface area contributed by atoms with E-state index in [1.807, 2.05) is 6.07 Å². The van der Waals surface area contributed by atoms with Crippen molar-refractivity contribution >= 4 is 5.97 Å². The van der Waals surface area contributed by atoms with Crippen molar-refractivity contribution in [3.63, 3.8) is 0 Å². The molecule has 3 heteroatoms. The fourth-order valence-electron chi connectivity index (χ4n) is 4.85. The fraction of sp³-hybridized carbons (Fsp3) is 0.632. The van der Waals surface area contributed by atoms with Crippen LogP contribution in [-0.4, -0.2) is 16.2 Å². The molecule has 2 aliphatic carbocycles. The van der Waals surface area contributed by atoms with Gasteiger partial charge < -0.3 is 10.2 Å². The Morgan fingerprint density at radius 3 is 2.27 bits per heavy atom. The molecule has 22 heavy (non-hydrogen) atoms. The van der Waals surface area contributed by atoms with Crippen LogP contribution in [0.25, 0.3) is 0 Å². The van der Waals surface area contributed by atoms with Crippen molar-refractivity contribution in [3.05, 3.63) is 29.3 Å². The molecule has 1 aromatic carbocycles. The number of para-hydroxylation sites is 1. The second kappa shape index (κ2) is 6.31. The maximum Gasteiger partial charge on any atom is 0.339 e. The predicted octanol–water partition coefficient (Wildman–Crippen LogP) is 4.87. The molecule has 0 atom stereocenters. The molecule has 2 saturated carbocycles. The zero-order chi connectivity index (χ0) is 15.6. The second-order valence-corrected chi connectivity index (χ2v) is 7.06. The molecule has 0 bridgehead atoms. The van der Waals surface area contributed by atoms with Crippen LogP contribution < -0.4 is 0 Å². The van der Waals surface area contributed by atoms with Crippen LogP contribution in [0.4, 0.5) is 0 Å². The van der Waals surface area contributed by atoms with Crippen LogP contribution in [0.3, 0.4) is 0 Å². The highest BCUT2D eigenvalue weighted by Crippen LogP contribution is 2.52. The summed E-state index contributed by atoms with van der Waals surface area (Å²) in [6.45, 7) is 0. The third-order valence-corrected chi connectivity index (χ3v) is 5.94. The van der Waals surface area contributed by atoms with E-state index in [4.69, 9.17) is 0 Å². The van der Waals surface area contributed by atoms with E-state index in [9.17, 15) is 15.0 Å². The van der Waals surface area contributed by atoms with Crippen LogP contribution in [0.15, 0.2) is 18.2 Å². The van der Waals surface area contributed by atoms with Gasteiger partial charge in [-0.2, -0.15) is 0 Å². The number of benzene rings is 1. The Hall–Kier alpha value is -1.51. The van der Waals surface area contributed by atoms with Gasteiger partial charge in [-0.25, -0.2) is 4.79 Å². The Kier molecular flexibility index (Phi) is 4.42. The highest BCUT2D eigenvalue weighted by molar-refractivity contribution is 5.91. The molecule has 0 unspecified atom stereocenters. The summed E-state index contributed by atoms with van der Waals surface area (Å²) < 4.78 is 0. The van der Waals surface area contributed by atoms with Crippen molar-refractivity contribution in [1.29, 1.82) is 0 Å². The lowest BCUT2D eigenvalue weighted by atomic mass is 9.58. The van der Waals surface area contributed by atoms with Gasteiger partial charge in [0.15, 0.2) is 0 Å². The summed E-state index contributed by atoms with van der Waals surface area (Å²) in [5.41, 5.74) is 0.950. The van der Waals surface area contributed by atoms with E-state index in [0.29, 0.717) is 5.92 Å². The van der Waals surface area contributed by atoms with Crippen molar-refractivity contribution in [2.45, 2.75) is 69.6 Å². The molecule has 0 heterocycles. The van der Waals surface area contributed by atoms with Crippen molar-refractivity contribution in [1.82, 2.24) is 0 Å². The molecule has 3 rings (SSSR count). The molecule has 0 aromatic heterocycles. The van der Waals surface area contributed by atoms with Crippen molar-refractivity contribution in [3.8, 4) is 5.75 Å². The quantitative estimate of drug-likeness (QED) is 0.837. The summed E-state index contributed by atoms with van der Waals surface area (Å²) >= 11 is 0. The number of aromatic carboxylic acids is 1. The number of hydrogen-bond donors (Lipinski definition) is 2. The Balaban J connectivity index is 2.06. The average molecular weight is 302 g/mol. The smallest absolute Gasteiger partial charge is 0.339 e. The molecule has 2 N–H and O–H groups in total. The average Bonchev–Trinajstić information content (AvgIpc) is 2.56. The van der Waals surface area contributed by atoms with Gasteiger partial charge in [-0.15, -0.1) is 0 Å². The molecule has 2 aliphatic rings. The van der Waals surface area contributed by atoms with E-state index in [2.05, 4.69) is 0 Å². The zero-order valence-corrected chi connectivity index (χ0v) is 13.2. The first kappa shape index (κ1) is 15.4. The minimum atomic E-state index is -1.03. The zero-order valence-electron chi connectivity index (χ0n) is 13.2. The Bertz CT molecular complexity index is 538. The van der Waals surface area contributed by atoms with Crippen molar-refractivity contribution in [2.75, 3.05) is 0 Å². The first-order chi connectivity index (χ1) is 10.6. The van der Waals surface area contributed by atoms with Gasteiger partial charge in [0.1, 0.15) is 11.3 Å². The number of carbonyl (C=O) groups is 1. The SMILES string of the molecule is O=C(O)c1cccc(C2(C3CCCCC3)CCCCC2)c1O. The highest BCUT2D eigenvalue weighted by Gasteiger charge is 2.43. The third-order valence-electron chi connectivity index (χ3n) is 5.94. The van der Waals surface area contributed by atoms with E-state index in [1.54, 1.807) is 6.07 Å². The summed E-state index contributed by atoms with van der Waals surface area (Å²) in [4.78, 5) is 11.4. The lowest BCUT2D eigenvalue weighted by molar-refractivity contribution is 0.0692. The van der Waals surface area contributed by atoms with Crippen LogP contribution in [0, 0.1) is 5.92 Å². The lowest BCUT2D eigenvalue weighted by Gasteiger charge is -2.46. The monoisotopic (exact) mass is 302 g/mol. The normalized spacial score (nSPS) is 22.4. The summed E-state index contributed by atoms with van der Waals surface area (Å²) in [7, 11) is 0. The van der Waals surface area contributed by atoms with E-state index in [-0.39, 0.29) is 16.7 Å². The topological polar surface area (TPSA) is 57.5 Å². The van der Waals surface area contributed by atoms with Crippen molar-refractivity contribution < 1.29 is 15.0 Å². The summed E-state index contributed by atoms with van der Waals surface area (Å²) in [5.74, 6) is -0.423. The van der Waals surface area contributed by atoms with E-state index in [1.165, 1.54) is 57.4 Å². The van der Waals surface area contributed by atoms with Gasteiger partial charge in [-0.05, 0) is 37.7 Å². The number of phenols is 1. The molecule has 1 aromatic rings. The second-order valence-electron chi connectivity index (χ2n) is 7.06. The van der Waals surface area contributed by atoms with Crippen LogP contribution in [0.1, 0.15) is 80.1 Å². The summed E-state index contributed by atoms with van der Waals surface area (Å²) in [6, 6.07) is 5.29. The number of rotatable bonds is 3. The standard InChI is InChI=1S/C19H26O3/c20-17-15(18(21)22)10-7-11-16(17)19(12-5-2-6-13-19)14-8-3-1-4-9-14/h7,10-11,14,20H,1-6,8-9,12-13H2,(H,21,22). The van der Waals surface area contributed by atoms with Crippen molar-refractivity contribution in [2.24, 2.45) is 5.92 Å². The van der Waals surface area contributed by atoms with Gasteiger partial charge in [0.25, 0.3) is 0 Å². The van der Waals surface area contributed by atoms with Crippen LogP contribution in [-0.2, 0) is 5.41 Å². The van der Waals surface area contributed by atoms with Gasteiger partial charge >= 0.3 is 5.97 Å². The van der Waals surface area contributed by atoms with E-state index >= 15 is 0 Å². The highest BCUT2D eigenvalue weighted by atomic mass is 16.4. The molecule has 120 valence electrons. The first-order valence-corrected chi connectivity index (χ1v) is 8.71. The molecule has 0 spiro atoms. The molecular formula is C19H26O3. The van der Waals surface area contributed by atoms with Gasteiger partial charge in [0.2, 0.25) is 0 Å². The molecule has 0 amide bonds. The summed E-state index contributed by atoms with van der Waals surface area (Å²) in [6.07, 6.45) is 12.1. The third kappa shape index (κ3) is 2.62. The molecule has 0 aliphatic heterocycles. The van der Waals surface area contributed by atoms with E-state index < -0.39 is 5.97 Å². The lowest BCUT2D eigenvalue weighted by Crippen LogP contribution is -2.38. The number of aromatic hydroxyl groups is 1. The van der Waals surface area contributed by atoms with Gasteiger partial charge in [0.05, 0.1) is 0 Å². The molecule has 3 nitrogen and oxygen atoms in total. The molecule has 0 radical (unpaired) electrons. The fourth-order valence-corrected chi connectivity index (χ4v) is 4.85. The predicted molar refractivity (Wildman–Crippen MR) is 86.4 cm³/mol. The van der Waals surface area contributed by atoms with Gasteiger partial charge in [-0.1, -0.05) is 50.7 Å². The Morgan fingerprint density at radius 2 is 1.64 bits per heavy atom.